The molecule has 0 spiro atoms. The second kappa shape index (κ2) is 6.01. The van der Waals surface area contributed by atoms with Crippen LogP contribution in [-0.2, 0) is 9.53 Å². The van der Waals surface area contributed by atoms with Gasteiger partial charge in [-0.1, -0.05) is 18.2 Å². The summed E-state index contributed by atoms with van der Waals surface area (Å²) in [6.45, 7) is 9.84. The fourth-order valence-electron chi connectivity index (χ4n) is 2.10. The topological polar surface area (TPSA) is 78.9 Å². The monoisotopic (exact) mass is 304 g/mol. The largest absolute Gasteiger partial charge is 0.479 e. The summed E-state index contributed by atoms with van der Waals surface area (Å²) in [7, 11) is 0. The number of hydrogen-bond acceptors (Lipinski definition) is 4. The summed E-state index contributed by atoms with van der Waals surface area (Å²) in [5, 5.41) is 12.3. The van der Waals surface area contributed by atoms with E-state index in [0.29, 0.717) is 24.5 Å². The minimum atomic E-state index is -1.34. The highest BCUT2D eigenvalue weighted by Gasteiger charge is 2.46. The molecule has 6 nitrogen and oxygen atoms in total. The van der Waals surface area contributed by atoms with Crippen LogP contribution in [0.3, 0.4) is 0 Å². The number of halogens is 1. The molecule has 1 amide bonds. The van der Waals surface area contributed by atoms with Crippen molar-refractivity contribution < 1.29 is 19.4 Å². The number of carboxylic acids is 1. The Morgan fingerprint density at radius 2 is 2.10 bits per heavy atom. The highest BCUT2D eigenvalue weighted by molar-refractivity contribution is 6.29. The van der Waals surface area contributed by atoms with Gasteiger partial charge in [-0.25, -0.2) is 9.59 Å². The number of likely N-dealkylation sites (tertiary alicyclic amines) is 1. The number of alkyl carbamates (subject to hydrolysis) is 1. The molecule has 1 heterocycles. The van der Waals surface area contributed by atoms with E-state index in [1.54, 1.807) is 20.8 Å². The van der Waals surface area contributed by atoms with Crippen LogP contribution in [0.25, 0.3) is 0 Å². The van der Waals surface area contributed by atoms with Gasteiger partial charge in [-0.15, -0.1) is 0 Å². The predicted octanol–water partition coefficient (Wildman–Crippen LogP) is 1.79. The number of amides is 1. The number of rotatable bonds is 4. The summed E-state index contributed by atoms with van der Waals surface area (Å²) in [4.78, 5) is 25.1. The number of ether oxygens (including phenoxy) is 1. The molecular weight excluding hydrogens is 284 g/mol. The van der Waals surface area contributed by atoms with E-state index in [1.807, 2.05) is 4.90 Å². The van der Waals surface area contributed by atoms with E-state index in [2.05, 4.69) is 11.9 Å². The molecule has 0 aliphatic carbocycles. The zero-order valence-corrected chi connectivity index (χ0v) is 12.8. The van der Waals surface area contributed by atoms with Crippen molar-refractivity contribution in [1.29, 1.82) is 0 Å². The van der Waals surface area contributed by atoms with E-state index < -0.39 is 23.2 Å². The fourth-order valence-corrected chi connectivity index (χ4v) is 2.26. The molecule has 1 unspecified atom stereocenters. The number of aliphatic carboxylic acids is 1. The van der Waals surface area contributed by atoms with Crippen LogP contribution < -0.4 is 5.32 Å². The van der Waals surface area contributed by atoms with Gasteiger partial charge in [0, 0.05) is 24.7 Å². The average molecular weight is 305 g/mol. The van der Waals surface area contributed by atoms with Crippen molar-refractivity contribution in [3.63, 3.8) is 0 Å². The molecule has 0 bridgehead atoms. The van der Waals surface area contributed by atoms with Crippen molar-refractivity contribution >= 4 is 23.7 Å². The number of nitrogens with zero attached hydrogens (tertiary/aromatic N) is 1. The Hall–Kier alpha value is -1.27. The third kappa shape index (κ3) is 4.68. The van der Waals surface area contributed by atoms with Crippen LogP contribution in [0, 0.1) is 0 Å². The summed E-state index contributed by atoms with van der Waals surface area (Å²) in [6, 6.07) is 0. The lowest BCUT2D eigenvalue weighted by Crippen LogP contribution is -2.57. The molecule has 0 saturated carbocycles. The smallest absolute Gasteiger partial charge is 0.408 e. The Morgan fingerprint density at radius 1 is 1.50 bits per heavy atom. The van der Waals surface area contributed by atoms with Gasteiger partial charge < -0.3 is 15.2 Å². The Bertz CT molecular complexity index is 419. The summed E-state index contributed by atoms with van der Waals surface area (Å²) < 4.78 is 5.12. The second-order valence-corrected chi connectivity index (χ2v) is 6.53. The van der Waals surface area contributed by atoms with E-state index in [0.717, 1.165) is 0 Å². The Kier molecular flexibility index (Phi) is 5.05. The summed E-state index contributed by atoms with van der Waals surface area (Å²) in [5.41, 5.74) is -2.01. The maximum atomic E-state index is 11.8. The van der Waals surface area contributed by atoms with Gasteiger partial charge in [0.15, 0.2) is 5.54 Å². The first kappa shape index (κ1) is 16.8. The number of carboxylic acid groups (broad SMARTS) is 1. The molecule has 0 aromatic rings. The summed E-state index contributed by atoms with van der Waals surface area (Å²) in [5.74, 6) is -1.08. The predicted molar refractivity (Wildman–Crippen MR) is 75.8 cm³/mol. The van der Waals surface area contributed by atoms with E-state index in [-0.39, 0.29) is 6.54 Å². The molecule has 114 valence electrons. The maximum absolute atomic E-state index is 11.8. The molecule has 1 aliphatic heterocycles. The highest BCUT2D eigenvalue weighted by atomic mass is 35.5. The maximum Gasteiger partial charge on any atom is 0.408 e. The van der Waals surface area contributed by atoms with Crippen LogP contribution in [0.15, 0.2) is 11.6 Å². The lowest BCUT2D eigenvalue weighted by Gasteiger charge is -2.28. The molecule has 1 saturated heterocycles. The first-order valence-corrected chi connectivity index (χ1v) is 6.72. The zero-order chi connectivity index (χ0) is 15.6. The number of carbonyl (C=O) groups excluding carboxylic acids is 1. The SMILES string of the molecule is C=C(Cl)CN1CCC(NC(=O)OC(C)(C)C)(C(=O)O)C1. The fraction of sp³-hybridized carbons (Fsp3) is 0.692. The van der Waals surface area contributed by atoms with E-state index in [9.17, 15) is 14.7 Å². The molecule has 0 aromatic carbocycles. The first-order chi connectivity index (χ1) is 9.04. The molecule has 7 heteroatoms. The molecule has 1 atom stereocenters. The van der Waals surface area contributed by atoms with E-state index in [4.69, 9.17) is 16.3 Å². The molecule has 20 heavy (non-hydrogen) atoms. The summed E-state index contributed by atoms with van der Waals surface area (Å²) >= 11 is 5.73. The van der Waals surface area contributed by atoms with Crippen LogP contribution in [-0.4, -0.2) is 52.8 Å². The molecule has 1 rings (SSSR count). The average Bonchev–Trinajstić information content (AvgIpc) is 2.58. The van der Waals surface area contributed by atoms with Crippen molar-refractivity contribution in [3.8, 4) is 0 Å². The highest BCUT2D eigenvalue weighted by Crippen LogP contribution is 2.23. The molecule has 1 fully saturated rings. The Labute approximate surface area is 123 Å². The van der Waals surface area contributed by atoms with Crippen LogP contribution in [0.2, 0.25) is 0 Å². The lowest BCUT2D eigenvalue weighted by atomic mass is 9.99. The van der Waals surface area contributed by atoms with Crippen LogP contribution in [0.1, 0.15) is 27.2 Å². The second-order valence-electron chi connectivity index (χ2n) is 5.99. The molecule has 1 aliphatic rings. The van der Waals surface area contributed by atoms with Gasteiger partial charge in [0.2, 0.25) is 0 Å². The van der Waals surface area contributed by atoms with Crippen LogP contribution >= 0.6 is 11.6 Å². The van der Waals surface area contributed by atoms with Gasteiger partial charge in [-0.3, -0.25) is 4.90 Å². The molecule has 0 aromatic heterocycles. The third-order valence-electron chi connectivity index (χ3n) is 2.89. The number of nitrogens with one attached hydrogen (secondary N) is 1. The molecular formula is C13H21ClN2O4. The first-order valence-electron chi connectivity index (χ1n) is 6.34. The van der Waals surface area contributed by atoms with E-state index >= 15 is 0 Å². The van der Waals surface area contributed by atoms with Crippen molar-refractivity contribution in [3.05, 3.63) is 11.6 Å². The summed E-state index contributed by atoms with van der Waals surface area (Å²) in [6.07, 6.45) is -0.433. The van der Waals surface area contributed by atoms with Crippen molar-refractivity contribution in [1.82, 2.24) is 10.2 Å². The Morgan fingerprint density at radius 3 is 2.55 bits per heavy atom. The van der Waals surface area contributed by atoms with Gasteiger partial charge in [-0.05, 0) is 27.2 Å². The van der Waals surface area contributed by atoms with Crippen molar-refractivity contribution in [2.45, 2.75) is 38.3 Å². The Balaban J connectivity index is 2.73. The zero-order valence-electron chi connectivity index (χ0n) is 12.0. The van der Waals surface area contributed by atoms with Gasteiger partial charge in [0.1, 0.15) is 5.60 Å². The third-order valence-corrected chi connectivity index (χ3v) is 3.01. The quantitative estimate of drug-likeness (QED) is 0.828. The van der Waals surface area contributed by atoms with Gasteiger partial charge >= 0.3 is 12.1 Å². The normalized spacial score (nSPS) is 23.4. The van der Waals surface area contributed by atoms with Crippen LogP contribution in [0.5, 0.6) is 0 Å². The van der Waals surface area contributed by atoms with Crippen LogP contribution in [0.4, 0.5) is 4.79 Å². The number of hydrogen-bond donors (Lipinski definition) is 2. The standard InChI is InChI=1S/C13H21ClN2O4/c1-9(14)7-16-6-5-13(8-16,10(17)18)15-11(19)20-12(2,3)4/h1,5-8H2,2-4H3,(H,15,19)(H,17,18). The molecule has 0 radical (unpaired) electrons. The molecule has 2 N–H and O–H groups in total. The minimum Gasteiger partial charge on any atom is -0.479 e. The van der Waals surface area contributed by atoms with Crippen molar-refractivity contribution in [2.24, 2.45) is 0 Å². The lowest BCUT2D eigenvalue weighted by molar-refractivity contribution is -0.144. The van der Waals surface area contributed by atoms with Crippen molar-refractivity contribution in [2.75, 3.05) is 19.6 Å². The van der Waals surface area contributed by atoms with Gasteiger partial charge in [0.25, 0.3) is 0 Å². The minimum absolute atomic E-state index is 0.174. The van der Waals surface area contributed by atoms with E-state index in [1.165, 1.54) is 0 Å². The van der Waals surface area contributed by atoms with Gasteiger partial charge in [-0.2, -0.15) is 0 Å². The number of carbonyl (C=O) groups is 2. The van der Waals surface area contributed by atoms with Gasteiger partial charge in [0.05, 0.1) is 0 Å².